The van der Waals surface area contributed by atoms with E-state index in [0.717, 1.165) is 24.1 Å². The highest BCUT2D eigenvalue weighted by Gasteiger charge is 2.03. The fraction of sp³-hybridized carbons (Fsp3) is 0.250. The van der Waals surface area contributed by atoms with Crippen LogP contribution in [-0.4, -0.2) is 5.91 Å². The molecule has 0 aromatic heterocycles. The van der Waals surface area contributed by atoms with Crippen LogP contribution in [0.1, 0.15) is 31.7 Å². The Kier molecular flexibility index (Phi) is 6.55. The van der Waals surface area contributed by atoms with Gasteiger partial charge in [0.2, 0.25) is 5.91 Å². The molecule has 1 rings (SSSR count). The van der Waals surface area contributed by atoms with Crippen molar-refractivity contribution in [1.29, 1.82) is 0 Å². The van der Waals surface area contributed by atoms with Gasteiger partial charge in [0.1, 0.15) is 0 Å². The number of carbonyl (C=O) groups excluding carboxylic acids is 1. The van der Waals surface area contributed by atoms with E-state index in [-0.39, 0.29) is 5.91 Å². The Hall–Kier alpha value is -1.83. The van der Waals surface area contributed by atoms with Crippen molar-refractivity contribution < 1.29 is 4.79 Å². The maximum absolute atomic E-state index is 11.7. The maximum Gasteiger partial charge on any atom is 0.224 e. The number of carbonyl (C=O) groups is 1. The second kappa shape index (κ2) is 8.29. The predicted molar refractivity (Wildman–Crippen MR) is 78.1 cm³/mol. The molecule has 0 heterocycles. The number of benzene rings is 1. The Morgan fingerprint density at radius 3 is 2.83 bits per heavy atom. The van der Waals surface area contributed by atoms with Crippen LogP contribution in [-0.2, 0) is 4.79 Å². The standard InChI is InChI=1S/C16H20NO/c1-3-5-7-13-16(18)17-15-12-9-8-11-14(15)10-6-4-2/h3,5-6,8-12H,2,4,7,13H2,1H3,(H,17,18). The molecule has 1 N–H and O–H groups in total. The van der Waals surface area contributed by atoms with Crippen LogP contribution < -0.4 is 5.32 Å². The van der Waals surface area contributed by atoms with E-state index >= 15 is 0 Å². The monoisotopic (exact) mass is 242 g/mol. The van der Waals surface area contributed by atoms with Crippen LogP contribution in [0, 0.1) is 6.92 Å². The topological polar surface area (TPSA) is 29.1 Å². The van der Waals surface area contributed by atoms with Gasteiger partial charge in [-0.05, 0) is 38.3 Å². The Labute approximate surface area is 109 Å². The number of rotatable bonds is 6. The van der Waals surface area contributed by atoms with Crippen molar-refractivity contribution in [2.45, 2.75) is 26.2 Å². The average molecular weight is 242 g/mol. The number of nitrogens with one attached hydrogen (secondary N) is 1. The normalized spacial score (nSPS) is 11.2. The highest BCUT2D eigenvalue weighted by Crippen LogP contribution is 2.17. The minimum Gasteiger partial charge on any atom is -0.326 e. The second-order valence-electron chi connectivity index (χ2n) is 3.93. The Balaban J connectivity index is 2.65. The van der Waals surface area contributed by atoms with Gasteiger partial charge in [0.25, 0.3) is 0 Å². The van der Waals surface area contributed by atoms with Crippen LogP contribution in [0.4, 0.5) is 5.69 Å². The molecule has 0 aliphatic carbocycles. The average Bonchev–Trinajstić information content (AvgIpc) is 2.38. The highest BCUT2D eigenvalue weighted by atomic mass is 16.1. The molecule has 0 bridgehead atoms. The van der Waals surface area contributed by atoms with Gasteiger partial charge in [0.15, 0.2) is 0 Å². The quantitative estimate of drug-likeness (QED) is 0.743. The molecule has 2 heteroatoms. The number of allylic oxidation sites excluding steroid dienone is 3. The summed E-state index contributed by atoms with van der Waals surface area (Å²) in [6, 6.07) is 7.77. The Morgan fingerprint density at radius 1 is 1.33 bits per heavy atom. The lowest BCUT2D eigenvalue weighted by atomic mass is 10.1. The van der Waals surface area contributed by atoms with Gasteiger partial charge in [-0.25, -0.2) is 0 Å². The fourth-order valence-electron chi connectivity index (χ4n) is 1.56. The van der Waals surface area contributed by atoms with E-state index in [1.165, 1.54) is 0 Å². The van der Waals surface area contributed by atoms with Crippen LogP contribution in [0.25, 0.3) is 6.08 Å². The van der Waals surface area contributed by atoms with Crippen LogP contribution in [0.3, 0.4) is 0 Å². The third kappa shape index (κ3) is 5.00. The summed E-state index contributed by atoms with van der Waals surface area (Å²) in [6.07, 6.45) is 9.94. The maximum atomic E-state index is 11.7. The van der Waals surface area contributed by atoms with E-state index in [1.54, 1.807) is 0 Å². The molecular weight excluding hydrogens is 222 g/mol. The molecule has 0 fully saturated rings. The van der Waals surface area contributed by atoms with E-state index in [0.29, 0.717) is 6.42 Å². The predicted octanol–water partition coefficient (Wildman–Crippen LogP) is 4.22. The minimum atomic E-state index is 0.0450. The number of hydrogen-bond donors (Lipinski definition) is 1. The first kappa shape index (κ1) is 14.2. The third-order valence-corrected chi connectivity index (χ3v) is 2.47. The summed E-state index contributed by atoms with van der Waals surface area (Å²) < 4.78 is 0. The first-order chi connectivity index (χ1) is 8.77. The molecule has 0 aliphatic rings. The fourth-order valence-corrected chi connectivity index (χ4v) is 1.56. The van der Waals surface area contributed by atoms with E-state index in [1.807, 2.05) is 55.5 Å². The SMILES string of the molecule is [CH2]CC=Cc1ccccc1NC(=O)CCC=CC. The number of anilines is 1. The van der Waals surface area contributed by atoms with Crippen LogP contribution in [0.15, 0.2) is 42.5 Å². The smallest absolute Gasteiger partial charge is 0.224 e. The number of hydrogen-bond acceptors (Lipinski definition) is 1. The Morgan fingerprint density at radius 2 is 2.11 bits per heavy atom. The molecule has 0 atom stereocenters. The molecule has 0 unspecified atom stereocenters. The highest BCUT2D eigenvalue weighted by molar-refractivity contribution is 5.92. The molecule has 1 radical (unpaired) electrons. The summed E-state index contributed by atoms with van der Waals surface area (Å²) in [5, 5.41) is 2.93. The largest absolute Gasteiger partial charge is 0.326 e. The van der Waals surface area contributed by atoms with Crippen LogP contribution in [0.5, 0.6) is 0 Å². The van der Waals surface area contributed by atoms with E-state index in [4.69, 9.17) is 0 Å². The molecule has 1 aromatic rings. The van der Waals surface area contributed by atoms with Crippen LogP contribution in [0.2, 0.25) is 0 Å². The summed E-state index contributed by atoms with van der Waals surface area (Å²) >= 11 is 0. The molecule has 2 nitrogen and oxygen atoms in total. The summed E-state index contributed by atoms with van der Waals surface area (Å²) in [5.74, 6) is 0.0450. The molecule has 1 aromatic carbocycles. The zero-order valence-corrected chi connectivity index (χ0v) is 10.9. The van der Waals surface area contributed by atoms with Crippen molar-refractivity contribution in [1.82, 2.24) is 0 Å². The van der Waals surface area contributed by atoms with Gasteiger partial charge < -0.3 is 5.32 Å². The summed E-state index contributed by atoms with van der Waals surface area (Å²) in [6.45, 7) is 5.71. The summed E-state index contributed by atoms with van der Waals surface area (Å²) in [7, 11) is 0. The van der Waals surface area contributed by atoms with Gasteiger partial charge in [-0.3, -0.25) is 4.79 Å². The lowest BCUT2D eigenvalue weighted by molar-refractivity contribution is -0.116. The molecule has 1 amide bonds. The van der Waals surface area contributed by atoms with E-state index in [2.05, 4.69) is 12.2 Å². The van der Waals surface area contributed by atoms with Gasteiger partial charge in [0.05, 0.1) is 0 Å². The first-order valence-corrected chi connectivity index (χ1v) is 6.23. The van der Waals surface area contributed by atoms with Crippen molar-refractivity contribution in [3.05, 3.63) is 55.0 Å². The van der Waals surface area contributed by atoms with Gasteiger partial charge in [-0.1, -0.05) is 42.5 Å². The summed E-state index contributed by atoms with van der Waals surface area (Å²) in [4.78, 5) is 11.7. The Bertz CT molecular complexity index is 432. The zero-order chi connectivity index (χ0) is 13.2. The molecule has 0 aliphatic heterocycles. The van der Waals surface area contributed by atoms with Crippen molar-refractivity contribution in [3.8, 4) is 0 Å². The molecule has 0 saturated carbocycles. The van der Waals surface area contributed by atoms with Crippen molar-refractivity contribution >= 4 is 17.7 Å². The van der Waals surface area contributed by atoms with Crippen LogP contribution >= 0.6 is 0 Å². The van der Waals surface area contributed by atoms with Crippen molar-refractivity contribution in [3.63, 3.8) is 0 Å². The van der Waals surface area contributed by atoms with E-state index < -0.39 is 0 Å². The summed E-state index contributed by atoms with van der Waals surface area (Å²) in [5.41, 5.74) is 1.87. The molecular formula is C16H20NO. The lowest BCUT2D eigenvalue weighted by Gasteiger charge is -2.07. The van der Waals surface area contributed by atoms with Gasteiger partial charge in [-0.2, -0.15) is 0 Å². The minimum absolute atomic E-state index is 0.0450. The second-order valence-corrected chi connectivity index (χ2v) is 3.93. The molecule has 0 saturated heterocycles. The van der Waals surface area contributed by atoms with Gasteiger partial charge in [0, 0.05) is 12.1 Å². The zero-order valence-electron chi connectivity index (χ0n) is 10.9. The molecule has 0 spiro atoms. The van der Waals surface area contributed by atoms with Gasteiger partial charge in [-0.15, -0.1) is 0 Å². The van der Waals surface area contributed by atoms with Gasteiger partial charge >= 0.3 is 0 Å². The lowest BCUT2D eigenvalue weighted by Crippen LogP contribution is -2.11. The van der Waals surface area contributed by atoms with Crippen molar-refractivity contribution in [2.75, 3.05) is 5.32 Å². The molecule has 18 heavy (non-hydrogen) atoms. The molecule has 95 valence electrons. The van der Waals surface area contributed by atoms with E-state index in [9.17, 15) is 4.79 Å². The number of para-hydroxylation sites is 1. The first-order valence-electron chi connectivity index (χ1n) is 6.23. The third-order valence-electron chi connectivity index (χ3n) is 2.47. The van der Waals surface area contributed by atoms with Crippen molar-refractivity contribution in [2.24, 2.45) is 0 Å². The number of amides is 1.